The van der Waals surface area contributed by atoms with E-state index in [-0.39, 0.29) is 18.3 Å². The number of hydrogen-bond donors (Lipinski definition) is 2. The van der Waals surface area contributed by atoms with Crippen molar-refractivity contribution in [2.45, 2.75) is 6.54 Å². The minimum atomic E-state index is -0.334. The first-order chi connectivity index (χ1) is 8.68. The number of hydrogen-bond acceptors (Lipinski definition) is 2. The van der Waals surface area contributed by atoms with Crippen LogP contribution >= 0.6 is 0 Å². The highest BCUT2D eigenvalue weighted by atomic mass is 19.1. The van der Waals surface area contributed by atoms with Crippen molar-refractivity contribution in [3.8, 4) is 0 Å². The summed E-state index contributed by atoms with van der Waals surface area (Å²) in [4.78, 5) is 11.8. The van der Waals surface area contributed by atoms with E-state index in [4.69, 9.17) is 5.73 Å². The minimum absolute atomic E-state index is 0.139. The van der Waals surface area contributed by atoms with Crippen LogP contribution in [0.25, 0.3) is 0 Å². The third kappa shape index (κ3) is 2.66. The molecule has 0 aliphatic rings. The van der Waals surface area contributed by atoms with Gasteiger partial charge in [0.25, 0.3) is 5.91 Å². The Kier molecular flexibility index (Phi) is 3.57. The summed E-state index contributed by atoms with van der Waals surface area (Å²) in [6, 6.07) is 13.1. The minimum Gasteiger partial charge on any atom is -0.398 e. The van der Waals surface area contributed by atoms with Gasteiger partial charge in [-0.1, -0.05) is 30.3 Å². The second-order valence-corrected chi connectivity index (χ2v) is 3.86. The molecule has 0 saturated heterocycles. The van der Waals surface area contributed by atoms with Crippen molar-refractivity contribution >= 4 is 11.6 Å². The molecule has 0 aromatic heterocycles. The van der Waals surface area contributed by atoms with Crippen molar-refractivity contribution in [2.24, 2.45) is 0 Å². The molecular weight excluding hydrogens is 231 g/mol. The van der Waals surface area contributed by atoms with E-state index in [1.54, 1.807) is 42.5 Å². The van der Waals surface area contributed by atoms with Gasteiger partial charge in [-0.3, -0.25) is 4.79 Å². The smallest absolute Gasteiger partial charge is 0.253 e. The number of amides is 1. The summed E-state index contributed by atoms with van der Waals surface area (Å²) in [6.07, 6.45) is 0. The number of carbonyl (C=O) groups is 1. The number of benzene rings is 2. The van der Waals surface area contributed by atoms with Crippen molar-refractivity contribution in [3.05, 3.63) is 65.5 Å². The van der Waals surface area contributed by atoms with Gasteiger partial charge in [0.2, 0.25) is 0 Å². The van der Waals surface area contributed by atoms with E-state index < -0.39 is 0 Å². The van der Waals surface area contributed by atoms with Crippen LogP contribution in [0.5, 0.6) is 0 Å². The molecule has 0 radical (unpaired) electrons. The van der Waals surface area contributed by atoms with Gasteiger partial charge in [-0.25, -0.2) is 4.39 Å². The molecule has 0 aliphatic heterocycles. The monoisotopic (exact) mass is 244 g/mol. The Morgan fingerprint density at radius 2 is 1.78 bits per heavy atom. The predicted octanol–water partition coefficient (Wildman–Crippen LogP) is 2.34. The largest absolute Gasteiger partial charge is 0.398 e. The maximum absolute atomic E-state index is 13.3. The Hall–Kier alpha value is -2.36. The Bertz CT molecular complexity index is 569. The molecule has 0 fully saturated rings. The molecule has 2 aromatic rings. The molecule has 0 spiro atoms. The van der Waals surface area contributed by atoms with Gasteiger partial charge in [0.1, 0.15) is 5.82 Å². The molecule has 1 amide bonds. The number of rotatable bonds is 3. The van der Waals surface area contributed by atoms with Crippen LogP contribution in [0.4, 0.5) is 10.1 Å². The molecule has 2 rings (SSSR count). The number of carbonyl (C=O) groups excluding carboxylic acids is 1. The van der Waals surface area contributed by atoms with Crippen LogP contribution in [0.15, 0.2) is 48.5 Å². The molecule has 0 aliphatic carbocycles. The third-order valence-electron chi connectivity index (χ3n) is 2.60. The van der Waals surface area contributed by atoms with Gasteiger partial charge in [0.15, 0.2) is 0 Å². The summed E-state index contributed by atoms with van der Waals surface area (Å²) in [7, 11) is 0. The van der Waals surface area contributed by atoms with Crippen LogP contribution < -0.4 is 11.1 Å². The lowest BCUT2D eigenvalue weighted by Crippen LogP contribution is -2.24. The zero-order chi connectivity index (χ0) is 13.0. The van der Waals surface area contributed by atoms with E-state index in [9.17, 15) is 9.18 Å². The van der Waals surface area contributed by atoms with Gasteiger partial charge in [0, 0.05) is 17.8 Å². The third-order valence-corrected chi connectivity index (χ3v) is 2.60. The van der Waals surface area contributed by atoms with E-state index >= 15 is 0 Å². The Labute approximate surface area is 104 Å². The summed E-state index contributed by atoms with van der Waals surface area (Å²) in [5, 5.41) is 2.64. The van der Waals surface area contributed by atoms with Crippen LogP contribution in [0.1, 0.15) is 15.9 Å². The zero-order valence-corrected chi connectivity index (χ0v) is 9.69. The highest BCUT2D eigenvalue weighted by Crippen LogP contribution is 2.11. The Morgan fingerprint density at radius 3 is 2.50 bits per heavy atom. The van der Waals surface area contributed by atoms with Crippen molar-refractivity contribution in [1.29, 1.82) is 0 Å². The normalized spacial score (nSPS) is 10.1. The van der Waals surface area contributed by atoms with E-state index in [0.29, 0.717) is 16.8 Å². The fourth-order valence-corrected chi connectivity index (χ4v) is 1.62. The highest BCUT2D eigenvalue weighted by molar-refractivity contribution is 5.98. The standard InChI is InChI=1S/C14H13FN2O/c15-12-7-3-1-5-10(12)9-17-14(18)11-6-2-4-8-13(11)16/h1-8H,9,16H2,(H,17,18). The van der Waals surface area contributed by atoms with E-state index in [1.807, 2.05) is 0 Å². The van der Waals surface area contributed by atoms with Gasteiger partial charge in [-0.2, -0.15) is 0 Å². The van der Waals surface area contributed by atoms with Crippen LogP contribution in [0.3, 0.4) is 0 Å². The fourth-order valence-electron chi connectivity index (χ4n) is 1.62. The molecule has 2 aromatic carbocycles. The SMILES string of the molecule is Nc1ccccc1C(=O)NCc1ccccc1F. The van der Waals surface area contributed by atoms with Crippen molar-refractivity contribution in [1.82, 2.24) is 5.32 Å². The van der Waals surface area contributed by atoms with E-state index in [1.165, 1.54) is 6.07 Å². The molecule has 18 heavy (non-hydrogen) atoms. The van der Waals surface area contributed by atoms with E-state index in [2.05, 4.69) is 5.32 Å². The van der Waals surface area contributed by atoms with Crippen LogP contribution in [-0.4, -0.2) is 5.91 Å². The second kappa shape index (κ2) is 5.31. The summed E-state index contributed by atoms with van der Waals surface area (Å²) in [6.45, 7) is 0.139. The molecule has 3 N–H and O–H groups in total. The fraction of sp³-hybridized carbons (Fsp3) is 0.0714. The van der Waals surface area contributed by atoms with Gasteiger partial charge in [0.05, 0.1) is 5.56 Å². The number of halogens is 1. The molecule has 0 atom stereocenters. The van der Waals surface area contributed by atoms with Gasteiger partial charge >= 0.3 is 0 Å². The Morgan fingerprint density at radius 1 is 1.11 bits per heavy atom. The average molecular weight is 244 g/mol. The van der Waals surface area contributed by atoms with Gasteiger partial charge < -0.3 is 11.1 Å². The van der Waals surface area contributed by atoms with Gasteiger partial charge in [-0.15, -0.1) is 0 Å². The first-order valence-electron chi connectivity index (χ1n) is 5.54. The molecular formula is C14H13FN2O. The number of anilines is 1. The molecule has 4 heteroatoms. The van der Waals surface area contributed by atoms with Crippen LogP contribution in [-0.2, 0) is 6.54 Å². The van der Waals surface area contributed by atoms with Crippen molar-refractivity contribution in [3.63, 3.8) is 0 Å². The highest BCUT2D eigenvalue weighted by Gasteiger charge is 2.09. The average Bonchev–Trinajstić information content (AvgIpc) is 2.38. The summed E-state index contributed by atoms with van der Waals surface area (Å²) < 4.78 is 13.3. The number of nitrogen functional groups attached to an aromatic ring is 1. The number of nitrogens with one attached hydrogen (secondary N) is 1. The van der Waals surface area contributed by atoms with Gasteiger partial charge in [-0.05, 0) is 18.2 Å². The quantitative estimate of drug-likeness (QED) is 0.814. The first kappa shape index (κ1) is 12.1. The lowest BCUT2D eigenvalue weighted by Gasteiger charge is -2.07. The summed E-state index contributed by atoms with van der Waals surface area (Å²) in [5.41, 5.74) is 6.93. The zero-order valence-electron chi connectivity index (χ0n) is 9.69. The maximum Gasteiger partial charge on any atom is 0.253 e. The van der Waals surface area contributed by atoms with Crippen LogP contribution in [0.2, 0.25) is 0 Å². The molecule has 3 nitrogen and oxygen atoms in total. The molecule has 0 heterocycles. The molecule has 0 saturated carbocycles. The first-order valence-corrected chi connectivity index (χ1v) is 5.54. The predicted molar refractivity (Wildman–Crippen MR) is 68.4 cm³/mol. The van der Waals surface area contributed by atoms with E-state index in [0.717, 1.165) is 0 Å². The summed E-state index contributed by atoms with van der Waals surface area (Å²) in [5.74, 6) is -0.643. The topological polar surface area (TPSA) is 55.1 Å². The van der Waals surface area contributed by atoms with Crippen LogP contribution in [0, 0.1) is 5.82 Å². The molecule has 92 valence electrons. The lowest BCUT2D eigenvalue weighted by atomic mass is 10.1. The Balaban J connectivity index is 2.06. The van der Waals surface area contributed by atoms with Crippen molar-refractivity contribution < 1.29 is 9.18 Å². The summed E-state index contributed by atoms with van der Waals surface area (Å²) >= 11 is 0. The molecule has 0 bridgehead atoms. The lowest BCUT2D eigenvalue weighted by molar-refractivity contribution is 0.0951. The maximum atomic E-state index is 13.3. The number of para-hydroxylation sites is 1. The molecule has 0 unspecified atom stereocenters. The van der Waals surface area contributed by atoms with Crippen molar-refractivity contribution in [2.75, 3.05) is 5.73 Å². The second-order valence-electron chi connectivity index (χ2n) is 3.86. The number of nitrogens with two attached hydrogens (primary N) is 1.